The Balaban J connectivity index is 2.55. The molecule has 0 saturated heterocycles. The molecule has 1 aromatic carbocycles. The van der Waals surface area contributed by atoms with E-state index in [0.29, 0.717) is 0 Å². The molecule has 0 unspecified atom stereocenters. The highest BCUT2D eigenvalue weighted by Crippen LogP contribution is 2.27. The predicted octanol–water partition coefficient (Wildman–Crippen LogP) is 2.19. The Bertz CT molecular complexity index is 540. The Morgan fingerprint density at radius 2 is 2.00 bits per heavy atom. The molecule has 0 spiro atoms. The van der Waals surface area contributed by atoms with E-state index in [1.165, 1.54) is 12.1 Å². The number of benzene rings is 1. The molecule has 0 radical (unpaired) electrons. The van der Waals surface area contributed by atoms with Gasteiger partial charge >= 0.3 is 11.7 Å². The van der Waals surface area contributed by atoms with Crippen LogP contribution < -0.4 is 4.74 Å². The zero-order valence-electron chi connectivity index (χ0n) is 12.0. The van der Waals surface area contributed by atoms with E-state index in [1.807, 2.05) is 0 Å². The molecule has 7 heteroatoms. The summed E-state index contributed by atoms with van der Waals surface area (Å²) in [6.07, 6.45) is -0.0373. The summed E-state index contributed by atoms with van der Waals surface area (Å²) in [6.45, 7) is 3.39. The number of aryl methyl sites for hydroxylation is 1. The van der Waals surface area contributed by atoms with Crippen LogP contribution in [0.2, 0.25) is 0 Å². The Labute approximate surface area is 122 Å². The van der Waals surface area contributed by atoms with Crippen LogP contribution in [-0.2, 0) is 14.3 Å². The van der Waals surface area contributed by atoms with Gasteiger partial charge in [-0.25, -0.2) is 0 Å². The van der Waals surface area contributed by atoms with Gasteiger partial charge in [0, 0.05) is 12.5 Å². The number of carbonyl (C=O) groups is 2. The lowest BCUT2D eigenvalue weighted by molar-refractivity contribution is -0.385. The second-order valence-corrected chi connectivity index (χ2v) is 4.36. The molecule has 0 aliphatic rings. The first kappa shape index (κ1) is 16.6. The molecule has 0 fully saturated rings. The van der Waals surface area contributed by atoms with Crippen molar-refractivity contribution in [3.8, 4) is 5.75 Å². The molecule has 0 amide bonds. The number of nitro benzene ring substituents is 1. The Morgan fingerprint density at radius 3 is 2.62 bits per heavy atom. The van der Waals surface area contributed by atoms with Crippen LogP contribution in [0.4, 0.5) is 5.69 Å². The van der Waals surface area contributed by atoms with Crippen LogP contribution in [0.5, 0.6) is 5.75 Å². The van der Waals surface area contributed by atoms with E-state index < -0.39 is 10.9 Å². The monoisotopic (exact) mass is 295 g/mol. The molecule has 0 heterocycles. The standard InChI is InChI=1S/C14H17NO6/c1-3-20-14(17)7-5-11(16)9-21-13-8-10(2)4-6-12(13)15(18)19/h4,6,8H,3,5,7,9H2,1-2H3. The number of rotatable bonds is 8. The van der Waals surface area contributed by atoms with Crippen molar-refractivity contribution < 1.29 is 24.0 Å². The number of ketones is 1. The lowest BCUT2D eigenvalue weighted by atomic mass is 10.2. The zero-order valence-corrected chi connectivity index (χ0v) is 12.0. The van der Waals surface area contributed by atoms with E-state index in [2.05, 4.69) is 0 Å². The van der Waals surface area contributed by atoms with Crippen molar-refractivity contribution >= 4 is 17.4 Å². The Kier molecular flexibility index (Phi) is 6.32. The van der Waals surface area contributed by atoms with E-state index >= 15 is 0 Å². The molecule has 21 heavy (non-hydrogen) atoms. The van der Waals surface area contributed by atoms with Crippen molar-refractivity contribution in [1.82, 2.24) is 0 Å². The van der Waals surface area contributed by atoms with Crippen LogP contribution in [0.1, 0.15) is 25.3 Å². The fourth-order valence-corrected chi connectivity index (χ4v) is 1.59. The van der Waals surface area contributed by atoms with Gasteiger partial charge in [-0.3, -0.25) is 19.7 Å². The lowest BCUT2D eigenvalue weighted by Crippen LogP contribution is -2.14. The summed E-state index contributed by atoms with van der Waals surface area (Å²) < 4.78 is 9.89. The SMILES string of the molecule is CCOC(=O)CCC(=O)COc1cc(C)ccc1[N+](=O)[O-]. The summed E-state index contributed by atoms with van der Waals surface area (Å²) in [5.74, 6) is -0.726. The normalized spacial score (nSPS) is 10.0. The van der Waals surface area contributed by atoms with Gasteiger partial charge in [0.2, 0.25) is 0 Å². The number of hydrogen-bond donors (Lipinski definition) is 0. The predicted molar refractivity (Wildman–Crippen MR) is 74.2 cm³/mol. The van der Waals surface area contributed by atoms with E-state index in [9.17, 15) is 19.7 Å². The molecule has 114 valence electrons. The molecule has 1 aromatic rings. The molecular formula is C14H17NO6. The topological polar surface area (TPSA) is 95.7 Å². The molecular weight excluding hydrogens is 278 g/mol. The smallest absolute Gasteiger partial charge is 0.310 e. The Hall–Kier alpha value is -2.44. The van der Waals surface area contributed by atoms with Crippen molar-refractivity contribution in [2.75, 3.05) is 13.2 Å². The summed E-state index contributed by atoms with van der Waals surface area (Å²) in [5, 5.41) is 10.8. The van der Waals surface area contributed by atoms with Gasteiger partial charge in [0.25, 0.3) is 0 Å². The maximum atomic E-state index is 11.6. The first-order valence-corrected chi connectivity index (χ1v) is 6.49. The number of nitro groups is 1. The van der Waals surface area contributed by atoms with Crippen molar-refractivity contribution in [2.45, 2.75) is 26.7 Å². The lowest BCUT2D eigenvalue weighted by Gasteiger charge is -2.07. The minimum Gasteiger partial charge on any atom is -0.479 e. The van der Waals surface area contributed by atoms with Crippen LogP contribution in [0.3, 0.4) is 0 Å². The van der Waals surface area contributed by atoms with Crippen LogP contribution in [0.25, 0.3) is 0 Å². The van der Waals surface area contributed by atoms with E-state index in [0.717, 1.165) is 5.56 Å². The fraction of sp³-hybridized carbons (Fsp3) is 0.429. The average molecular weight is 295 g/mol. The average Bonchev–Trinajstić information content (AvgIpc) is 2.43. The van der Waals surface area contributed by atoms with Crippen LogP contribution in [0.15, 0.2) is 18.2 Å². The largest absolute Gasteiger partial charge is 0.479 e. The van der Waals surface area contributed by atoms with Crippen molar-refractivity contribution in [3.05, 3.63) is 33.9 Å². The minimum atomic E-state index is -0.572. The molecule has 7 nitrogen and oxygen atoms in total. The van der Waals surface area contributed by atoms with Gasteiger partial charge in [-0.1, -0.05) is 6.07 Å². The fourth-order valence-electron chi connectivity index (χ4n) is 1.59. The van der Waals surface area contributed by atoms with E-state index in [4.69, 9.17) is 9.47 Å². The molecule has 0 saturated carbocycles. The van der Waals surface area contributed by atoms with Gasteiger partial charge in [0.1, 0.15) is 6.61 Å². The number of ether oxygens (including phenoxy) is 2. The molecule has 0 bridgehead atoms. The summed E-state index contributed by atoms with van der Waals surface area (Å²) in [6, 6.07) is 4.41. The number of hydrogen-bond acceptors (Lipinski definition) is 6. The van der Waals surface area contributed by atoms with Gasteiger partial charge in [0.05, 0.1) is 18.0 Å². The van der Waals surface area contributed by atoms with Gasteiger partial charge in [-0.15, -0.1) is 0 Å². The molecule has 1 rings (SSSR count). The summed E-state index contributed by atoms with van der Waals surface area (Å²) >= 11 is 0. The van der Waals surface area contributed by atoms with Crippen LogP contribution >= 0.6 is 0 Å². The molecule has 0 aliphatic carbocycles. The van der Waals surface area contributed by atoms with Crippen molar-refractivity contribution in [3.63, 3.8) is 0 Å². The second-order valence-electron chi connectivity index (χ2n) is 4.36. The minimum absolute atomic E-state index is 0.0154. The van der Waals surface area contributed by atoms with Gasteiger partial charge in [-0.2, -0.15) is 0 Å². The highest BCUT2D eigenvalue weighted by Gasteiger charge is 2.16. The van der Waals surface area contributed by atoms with Crippen molar-refractivity contribution in [1.29, 1.82) is 0 Å². The molecule has 0 atom stereocenters. The van der Waals surface area contributed by atoms with Gasteiger partial charge in [-0.05, 0) is 25.5 Å². The number of nitrogens with zero attached hydrogens (tertiary/aromatic N) is 1. The number of Topliss-reactive ketones (excluding diaryl/α,β-unsaturated/α-hetero) is 1. The quantitative estimate of drug-likeness (QED) is 0.414. The third-order valence-corrected chi connectivity index (χ3v) is 2.61. The highest BCUT2D eigenvalue weighted by molar-refractivity contribution is 5.84. The van der Waals surface area contributed by atoms with Crippen molar-refractivity contribution in [2.24, 2.45) is 0 Å². The van der Waals surface area contributed by atoms with Crippen LogP contribution in [0, 0.1) is 17.0 Å². The summed E-state index contributed by atoms with van der Waals surface area (Å²) in [7, 11) is 0. The van der Waals surface area contributed by atoms with E-state index in [-0.39, 0.29) is 43.3 Å². The Morgan fingerprint density at radius 1 is 1.29 bits per heavy atom. The third-order valence-electron chi connectivity index (χ3n) is 2.61. The first-order valence-electron chi connectivity index (χ1n) is 6.49. The first-order chi connectivity index (χ1) is 9.93. The second kappa shape index (κ2) is 7.98. The summed E-state index contributed by atoms with van der Waals surface area (Å²) in [4.78, 5) is 33.0. The molecule has 0 aromatic heterocycles. The maximum Gasteiger partial charge on any atom is 0.310 e. The number of carbonyl (C=O) groups excluding carboxylic acids is 2. The number of esters is 1. The molecule has 0 aliphatic heterocycles. The summed E-state index contributed by atoms with van der Waals surface area (Å²) in [5.41, 5.74) is 0.591. The third kappa shape index (κ3) is 5.60. The van der Waals surface area contributed by atoms with Gasteiger partial charge < -0.3 is 9.47 Å². The van der Waals surface area contributed by atoms with Crippen LogP contribution in [-0.4, -0.2) is 29.9 Å². The van der Waals surface area contributed by atoms with Gasteiger partial charge in [0.15, 0.2) is 11.5 Å². The highest BCUT2D eigenvalue weighted by atomic mass is 16.6. The zero-order chi connectivity index (χ0) is 15.8. The molecule has 0 N–H and O–H groups in total. The maximum absolute atomic E-state index is 11.6. The van der Waals surface area contributed by atoms with E-state index in [1.54, 1.807) is 19.9 Å².